The van der Waals surface area contributed by atoms with Crippen LogP contribution in [0.2, 0.25) is 5.28 Å². The summed E-state index contributed by atoms with van der Waals surface area (Å²) >= 11 is 5.89. The van der Waals surface area contributed by atoms with Crippen LogP contribution >= 0.6 is 11.6 Å². The van der Waals surface area contributed by atoms with E-state index in [0.29, 0.717) is 18.4 Å². The molecule has 2 heterocycles. The van der Waals surface area contributed by atoms with Crippen molar-refractivity contribution in [2.45, 2.75) is 26.8 Å². The summed E-state index contributed by atoms with van der Waals surface area (Å²) in [6.07, 6.45) is 2.95. The molecule has 7 nitrogen and oxygen atoms in total. The number of anilines is 2. The van der Waals surface area contributed by atoms with Gasteiger partial charge in [0.2, 0.25) is 17.2 Å². The first-order valence-electron chi connectivity index (χ1n) is 6.47. The zero-order chi connectivity index (χ0) is 14.5. The lowest BCUT2D eigenvalue weighted by Gasteiger charge is -2.07. The average Bonchev–Trinajstić information content (AvgIpc) is 2.72. The summed E-state index contributed by atoms with van der Waals surface area (Å²) in [5.74, 6) is 0.934. The van der Waals surface area contributed by atoms with Crippen LogP contribution in [0, 0.1) is 6.92 Å². The SMILES string of the molecule is CCCNc1nc(Cl)nc(NCc2cn(C)nc2C)n1. The largest absolute Gasteiger partial charge is 0.354 e. The third kappa shape index (κ3) is 3.80. The highest BCUT2D eigenvalue weighted by Crippen LogP contribution is 2.12. The second kappa shape index (κ2) is 6.51. The van der Waals surface area contributed by atoms with Crippen molar-refractivity contribution in [3.05, 3.63) is 22.7 Å². The van der Waals surface area contributed by atoms with Crippen molar-refractivity contribution in [1.82, 2.24) is 24.7 Å². The molecule has 0 saturated carbocycles. The maximum Gasteiger partial charge on any atom is 0.229 e. The number of halogens is 1. The molecule has 20 heavy (non-hydrogen) atoms. The Hall–Kier alpha value is -1.89. The van der Waals surface area contributed by atoms with Gasteiger partial charge < -0.3 is 10.6 Å². The second-order valence-corrected chi connectivity index (χ2v) is 4.78. The van der Waals surface area contributed by atoms with Crippen LogP contribution in [0.1, 0.15) is 24.6 Å². The van der Waals surface area contributed by atoms with Gasteiger partial charge in [-0.3, -0.25) is 4.68 Å². The van der Waals surface area contributed by atoms with E-state index in [9.17, 15) is 0 Å². The van der Waals surface area contributed by atoms with Gasteiger partial charge in [0.05, 0.1) is 5.69 Å². The van der Waals surface area contributed by atoms with Crippen LogP contribution in [0.4, 0.5) is 11.9 Å². The number of aryl methyl sites for hydroxylation is 2. The highest BCUT2D eigenvalue weighted by molar-refractivity contribution is 6.28. The number of hydrogen-bond donors (Lipinski definition) is 2. The molecule has 0 fully saturated rings. The minimum atomic E-state index is 0.170. The van der Waals surface area contributed by atoms with Gasteiger partial charge in [0.1, 0.15) is 0 Å². The molecule has 0 aliphatic heterocycles. The Morgan fingerprint density at radius 1 is 1.20 bits per heavy atom. The second-order valence-electron chi connectivity index (χ2n) is 4.45. The molecule has 0 spiro atoms. The molecule has 2 rings (SSSR count). The Kier molecular flexibility index (Phi) is 4.73. The molecule has 2 aromatic heterocycles. The van der Waals surface area contributed by atoms with Gasteiger partial charge in [-0.25, -0.2) is 0 Å². The van der Waals surface area contributed by atoms with Crippen LogP contribution in [0.15, 0.2) is 6.20 Å². The first kappa shape index (κ1) is 14.5. The van der Waals surface area contributed by atoms with E-state index in [1.807, 2.05) is 20.2 Å². The zero-order valence-electron chi connectivity index (χ0n) is 11.8. The van der Waals surface area contributed by atoms with E-state index in [1.165, 1.54) is 0 Å². The lowest BCUT2D eigenvalue weighted by molar-refractivity contribution is 0.756. The van der Waals surface area contributed by atoms with Gasteiger partial charge in [-0.1, -0.05) is 6.92 Å². The van der Waals surface area contributed by atoms with Gasteiger partial charge >= 0.3 is 0 Å². The van der Waals surface area contributed by atoms with Crippen LogP contribution < -0.4 is 10.6 Å². The molecule has 2 N–H and O–H groups in total. The number of nitrogens with zero attached hydrogens (tertiary/aromatic N) is 5. The predicted octanol–water partition coefficient (Wildman–Crippen LogP) is 2.00. The van der Waals surface area contributed by atoms with Gasteiger partial charge in [0, 0.05) is 31.9 Å². The summed E-state index contributed by atoms with van der Waals surface area (Å²) in [6.45, 7) is 5.42. The van der Waals surface area contributed by atoms with Gasteiger partial charge in [-0.05, 0) is 24.9 Å². The third-order valence-corrected chi connectivity index (χ3v) is 2.86. The number of aromatic nitrogens is 5. The molecule has 8 heteroatoms. The number of rotatable bonds is 6. The number of hydrogen-bond acceptors (Lipinski definition) is 6. The molecular weight excluding hydrogens is 278 g/mol. The van der Waals surface area contributed by atoms with Crippen molar-refractivity contribution in [2.75, 3.05) is 17.2 Å². The fraction of sp³-hybridized carbons (Fsp3) is 0.500. The van der Waals surface area contributed by atoms with Crippen LogP contribution in [0.25, 0.3) is 0 Å². The van der Waals surface area contributed by atoms with E-state index < -0.39 is 0 Å². The Morgan fingerprint density at radius 3 is 2.50 bits per heavy atom. The van der Waals surface area contributed by atoms with E-state index in [1.54, 1.807) is 4.68 Å². The van der Waals surface area contributed by atoms with Gasteiger partial charge in [-0.15, -0.1) is 0 Å². The molecule has 0 saturated heterocycles. The molecule has 0 amide bonds. The summed E-state index contributed by atoms with van der Waals surface area (Å²) in [7, 11) is 1.89. The zero-order valence-corrected chi connectivity index (χ0v) is 12.6. The van der Waals surface area contributed by atoms with Gasteiger partial charge in [-0.2, -0.15) is 20.1 Å². The maximum atomic E-state index is 5.89. The van der Waals surface area contributed by atoms with Gasteiger partial charge in [0.25, 0.3) is 0 Å². The Bertz CT molecular complexity index is 581. The molecule has 0 aromatic carbocycles. The average molecular weight is 296 g/mol. The fourth-order valence-electron chi connectivity index (χ4n) is 1.74. The third-order valence-electron chi connectivity index (χ3n) is 2.69. The Labute approximate surface area is 122 Å². The fourth-order valence-corrected chi connectivity index (χ4v) is 1.90. The molecule has 2 aromatic rings. The van der Waals surface area contributed by atoms with Crippen molar-refractivity contribution in [2.24, 2.45) is 7.05 Å². The van der Waals surface area contributed by atoms with E-state index in [-0.39, 0.29) is 5.28 Å². The van der Waals surface area contributed by atoms with Gasteiger partial charge in [0.15, 0.2) is 0 Å². The topological polar surface area (TPSA) is 80.5 Å². The maximum absolute atomic E-state index is 5.89. The standard InChI is InChI=1S/C12H18ClN7/c1-4-5-14-11-16-10(13)17-12(18-11)15-6-9-7-20(3)19-8(9)2/h7H,4-6H2,1-3H3,(H2,14,15,16,17,18). The summed E-state index contributed by atoms with van der Waals surface area (Å²) in [6, 6.07) is 0. The van der Waals surface area contributed by atoms with Crippen molar-refractivity contribution >= 4 is 23.5 Å². The van der Waals surface area contributed by atoms with Crippen LogP contribution in [0.3, 0.4) is 0 Å². The summed E-state index contributed by atoms with van der Waals surface area (Å²) in [5.41, 5.74) is 2.07. The lowest BCUT2D eigenvalue weighted by Crippen LogP contribution is -2.09. The minimum Gasteiger partial charge on any atom is -0.354 e. The quantitative estimate of drug-likeness (QED) is 0.848. The summed E-state index contributed by atoms with van der Waals surface area (Å²) in [4.78, 5) is 12.3. The lowest BCUT2D eigenvalue weighted by atomic mass is 10.3. The molecule has 0 atom stereocenters. The smallest absolute Gasteiger partial charge is 0.229 e. The molecule has 0 aliphatic carbocycles. The van der Waals surface area contributed by atoms with E-state index in [4.69, 9.17) is 11.6 Å². The Balaban J connectivity index is 2.05. The van der Waals surface area contributed by atoms with Crippen LogP contribution in [-0.2, 0) is 13.6 Å². The van der Waals surface area contributed by atoms with Crippen molar-refractivity contribution in [3.8, 4) is 0 Å². The van der Waals surface area contributed by atoms with Crippen molar-refractivity contribution in [3.63, 3.8) is 0 Å². The molecule has 0 unspecified atom stereocenters. The molecule has 0 aliphatic rings. The summed E-state index contributed by atoms with van der Waals surface area (Å²) in [5, 5.41) is 10.7. The predicted molar refractivity (Wildman–Crippen MR) is 78.9 cm³/mol. The van der Waals surface area contributed by atoms with Crippen molar-refractivity contribution < 1.29 is 0 Å². The molecule has 0 bridgehead atoms. The highest BCUT2D eigenvalue weighted by atomic mass is 35.5. The molecular formula is C12H18ClN7. The van der Waals surface area contributed by atoms with Crippen molar-refractivity contribution in [1.29, 1.82) is 0 Å². The highest BCUT2D eigenvalue weighted by Gasteiger charge is 2.07. The van der Waals surface area contributed by atoms with E-state index in [2.05, 4.69) is 37.6 Å². The van der Waals surface area contributed by atoms with Crippen LogP contribution in [0.5, 0.6) is 0 Å². The normalized spacial score (nSPS) is 10.6. The minimum absolute atomic E-state index is 0.170. The monoisotopic (exact) mass is 295 g/mol. The first-order chi connectivity index (χ1) is 9.58. The van der Waals surface area contributed by atoms with Crippen LogP contribution in [-0.4, -0.2) is 31.3 Å². The first-order valence-corrected chi connectivity index (χ1v) is 6.84. The van der Waals surface area contributed by atoms with E-state index in [0.717, 1.165) is 24.2 Å². The molecule has 0 radical (unpaired) electrons. The summed E-state index contributed by atoms with van der Waals surface area (Å²) < 4.78 is 1.78. The van der Waals surface area contributed by atoms with E-state index >= 15 is 0 Å². The Morgan fingerprint density at radius 2 is 1.90 bits per heavy atom. The molecule has 108 valence electrons. The number of nitrogens with one attached hydrogen (secondary N) is 2.